The zero-order chi connectivity index (χ0) is 12.3. The molecular weight excluding hydrogens is 217 g/mol. The first kappa shape index (κ1) is 11.8. The Labute approximate surface area is 89.4 Å². The fourth-order valence-electron chi connectivity index (χ4n) is 1.22. The lowest BCUT2D eigenvalue weighted by atomic mass is 9.98. The minimum Gasteiger partial charge on any atom is -0.479 e. The van der Waals surface area contributed by atoms with Crippen LogP contribution in [0.15, 0.2) is 12.1 Å². The number of aldehydes is 1. The molecule has 0 aromatic heterocycles. The SMILES string of the molecule is N#Cc1cc(F)cc(C(O)C(=O)O)c1C=O. The molecule has 0 saturated carbocycles. The normalized spacial score (nSPS) is 11.6. The smallest absolute Gasteiger partial charge is 0.337 e. The Morgan fingerprint density at radius 1 is 1.56 bits per heavy atom. The number of carboxylic acids is 1. The van der Waals surface area contributed by atoms with Crippen LogP contribution in [0.2, 0.25) is 0 Å². The highest BCUT2D eigenvalue weighted by atomic mass is 19.1. The van der Waals surface area contributed by atoms with Crippen molar-refractivity contribution >= 4 is 12.3 Å². The van der Waals surface area contributed by atoms with Gasteiger partial charge in [0.25, 0.3) is 0 Å². The standard InChI is InChI=1S/C10H6FNO4/c11-6-1-5(3-12)8(4-13)7(2-6)9(14)10(15)16/h1-2,4,9,14H,(H,15,16). The number of benzene rings is 1. The van der Waals surface area contributed by atoms with Gasteiger partial charge in [0.05, 0.1) is 11.6 Å². The molecule has 0 aliphatic heterocycles. The number of rotatable bonds is 3. The maximum atomic E-state index is 13.0. The van der Waals surface area contributed by atoms with Crippen molar-refractivity contribution in [3.8, 4) is 6.07 Å². The van der Waals surface area contributed by atoms with E-state index < -0.39 is 23.5 Å². The Morgan fingerprint density at radius 3 is 2.62 bits per heavy atom. The van der Waals surface area contributed by atoms with Gasteiger partial charge in [0.2, 0.25) is 0 Å². The molecule has 5 nitrogen and oxygen atoms in total. The van der Waals surface area contributed by atoms with Gasteiger partial charge in [-0.3, -0.25) is 4.79 Å². The second kappa shape index (κ2) is 4.51. The van der Waals surface area contributed by atoms with Crippen LogP contribution >= 0.6 is 0 Å². The highest BCUT2D eigenvalue weighted by molar-refractivity contribution is 5.85. The van der Waals surface area contributed by atoms with E-state index in [1.54, 1.807) is 6.07 Å². The van der Waals surface area contributed by atoms with Crippen LogP contribution in [0.3, 0.4) is 0 Å². The van der Waals surface area contributed by atoms with Gasteiger partial charge >= 0.3 is 5.97 Å². The van der Waals surface area contributed by atoms with Crippen molar-refractivity contribution in [3.63, 3.8) is 0 Å². The van der Waals surface area contributed by atoms with Crippen molar-refractivity contribution in [3.05, 3.63) is 34.6 Å². The Balaban J connectivity index is 3.49. The number of halogens is 1. The summed E-state index contributed by atoms with van der Waals surface area (Å²) >= 11 is 0. The van der Waals surface area contributed by atoms with E-state index in [1.165, 1.54) is 0 Å². The average molecular weight is 223 g/mol. The van der Waals surface area contributed by atoms with Crippen LogP contribution in [-0.4, -0.2) is 22.5 Å². The molecule has 0 saturated heterocycles. The summed E-state index contributed by atoms with van der Waals surface area (Å²) < 4.78 is 13.0. The molecule has 2 N–H and O–H groups in total. The van der Waals surface area contributed by atoms with Crippen LogP contribution in [0.25, 0.3) is 0 Å². The van der Waals surface area contributed by atoms with Gasteiger partial charge in [0.1, 0.15) is 5.82 Å². The molecule has 82 valence electrons. The fourth-order valence-corrected chi connectivity index (χ4v) is 1.22. The van der Waals surface area contributed by atoms with Crippen LogP contribution in [0.4, 0.5) is 4.39 Å². The topological polar surface area (TPSA) is 98.4 Å². The van der Waals surface area contributed by atoms with E-state index in [-0.39, 0.29) is 17.4 Å². The first-order valence-corrected chi connectivity index (χ1v) is 4.10. The molecule has 16 heavy (non-hydrogen) atoms. The van der Waals surface area contributed by atoms with Gasteiger partial charge in [-0.2, -0.15) is 5.26 Å². The second-order valence-electron chi connectivity index (χ2n) is 2.93. The quantitative estimate of drug-likeness (QED) is 0.732. The van der Waals surface area contributed by atoms with Crippen molar-refractivity contribution in [2.24, 2.45) is 0 Å². The van der Waals surface area contributed by atoms with Gasteiger partial charge < -0.3 is 10.2 Å². The minimum atomic E-state index is -2.04. The number of hydrogen-bond donors (Lipinski definition) is 2. The van der Waals surface area contributed by atoms with E-state index in [9.17, 15) is 19.1 Å². The molecule has 1 aromatic carbocycles. The van der Waals surface area contributed by atoms with Crippen LogP contribution in [0.1, 0.15) is 27.6 Å². The van der Waals surface area contributed by atoms with E-state index in [4.69, 9.17) is 10.4 Å². The number of carboxylic acid groups (broad SMARTS) is 1. The Bertz CT molecular complexity index is 492. The van der Waals surface area contributed by atoms with Gasteiger partial charge in [-0.1, -0.05) is 0 Å². The zero-order valence-electron chi connectivity index (χ0n) is 7.85. The van der Waals surface area contributed by atoms with Gasteiger partial charge in [-0.25, -0.2) is 9.18 Å². The molecule has 1 aromatic rings. The van der Waals surface area contributed by atoms with Crippen molar-refractivity contribution in [2.45, 2.75) is 6.10 Å². The molecule has 1 unspecified atom stereocenters. The number of hydrogen-bond acceptors (Lipinski definition) is 4. The Morgan fingerprint density at radius 2 is 2.19 bits per heavy atom. The number of aliphatic hydroxyl groups is 1. The molecule has 0 fully saturated rings. The summed E-state index contributed by atoms with van der Waals surface area (Å²) in [4.78, 5) is 21.2. The van der Waals surface area contributed by atoms with Gasteiger partial charge in [0.15, 0.2) is 12.4 Å². The monoisotopic (exact) mass is 223 g/mol. The number of carbonyl (C=O) groups excluding carboxylic acids is 1. The predicted molar refractivity (Wildman–Crippen MR) is 49.1 cm³/mol. The second-order valence-corrected chi connectivity index (χ2v) is 2.93. The predicted octanol–water partition coefficient (Wildman–Crippen LogP) is 0.628. The van der Waals surface area contributed by atoms with Crippen LogP contribution in [-0.2, 0) is 4.79 Å². The summed E-state index contributed by atoms with van der Waals surface area (Å²) in [5, 5.41) is 26.4. The van der Waals surface area contributed by atoms with E-state index in [0.717, 1.165) is 6.07 Å². The summed E-state index contributed by atoms with van der Waals surface area (Å²) in [7, 11) is 0. The van der Waals surface area contributed by atoms with Gasteiger partial charge in [-0.15, -0.1) is 0 Å². The van der Waals surface area contributed by atoms with E-state index in [0.29, 0.717) is 6.07 Å². The molecule has 0 spiro atoms. The minimum absolute atomic E-state index is 0.208. The van der Waals surface area contributed by atoms with Crippen LogP contribution in [0, 0.1) is 17.1 Å². The number of aliphatic hydroxyl groups excluding tert-OH is 1. The Hall–Kier alpha value is -2.26. The first-order chi connectivity index (χ1) is 7.51. The Kier molecular flexibility index (Phi) is 3.33. The van der Waals surface area contributed by atoms with Gasteiger partial charge in [0, 0.05) is 11.1 Å². The maximum Gasteiger partial charge on any atom is 0.337 e. The molecule has 0 radical (unpaired) electrons. The third kappa shape index (κ3) is 2.04. The molecule has 0 aliphatic carbocycles. The van der Waals surface area contributed by atoms with E-state index in [1.807, 2.05) is 0 Å². The number of aliphatic carboxylic acids is 1. The molecule has 0 amide bonds. The van der Waals surface area contributed by atoms with Crippen molar-refractivity contribution in [1.29, 1.82) is 5.26 Å². The molecule has 6 heteroatoms. The summed E-state index contributed by atoms with van der Waals surface area (Å²) in [6.07, 6.45) is -1.83. The van der Waals surface area contributed by atoms with Crippen molar-refractivity contribution < 1.29 is 24.2 Å². The lowest BCUT2D eigenvalue weighted by molar-refractivity contribution is -0.146. The van der Waals surface area contributed by atoms with Crippen molar-refractivity contribution in [2.75, 3.05) is 0 Å². The molecule has 0 aliphatic rings. The highest BCUT2D eigenvalue weighted by Gasteiger charge is 2.22. The molecule has 0 bridgehead atoms. The molecule has 0 heterocycles. The lowest BCUT2D eigenvalue weighted by Gasteiger charge is -2.09. The highest BCUT2D eigenvalue weighted by Crippen LogP contribution is 2.21. The third-order valence-corrected chi connectivity index (χ3v) is 1.94. The fraction of sp³-hybridized carbons (Fsp3) is 0.100. The van der Waals surface area contributed by atoms with Crippen LogP contribution in [0.5, 0.6) is 0 Å². The average Bonchev–Trinajstić information content (AvgIpc) is 2.26. The third-order valence-electron chi connectivity index (χ3n) is 1.94. The summed E-state index contributed by atoms with van der Waals surface area (Å²) in [5.74, 6) is -2.52. The van der Waals surface area contributed by atoms with Crippen molar-refractivity contribution in [1.82, 2.24) is 0 Å². The van der Waals surface area contributed by atoms with E-state index in [2.05, 4.69) is 0 Å². The molecule has 1 atom stereocenters. The summed E-state index contributed by atoms with van der Waals surface area (Å²) in [6, 6.07) is 3.05. The molecule has 1 rings (SSSR count). The lowest BCUT2D eigenvalue weighted by Crippen LogP contribution is -2.14. The number of nitrogens with zero attached hydrogens (tertiary/aromatic N) is 1. The summed E-state index contributed by atoms with van der Waals surface area (Å²) in [5.41, 5.74) is -1.07. The molecular formula is C10H6FNO4. The number of nitriles is 1. The van der Waals surface area contributed by atoms with E-state index >= 15 is 0 Å². The summed E-state index contributed by atoms with van der Waals surface area (Å²) in [6.45, 7) is 0. The van der Waals surface area contributed by atoms with Crippen LogP contribution < -0.4 is 0 Å². The zero-order valence-corrected chi connectivity index (χ0v) is 7.85. The largest absolute Gasteiger partial charge is 0.479 e. The van der Waals surface area contributed by atoms with Gasteiger partial charge in [-0.05, 0) is 12.1 Å². The first-order valence-electron chi connectivity index (χ1n) is 4.10. The number of carbonyl (C=O) groups is 2. The maximum absolute atomic E-state index is 13.0.